The second kappa shape index (κ2) is 9.28. The highest BCUT2D eigenvalue weighted by atomic mass is 19.1. The maximum atomic E-state index is 13.6. The van der Waals surface area contributed by atoms with Gasteiger partial charge in [0.25, 0.3) is 11.5 Å². The summed E-state index contributed by atoms with van der Waals surface area (Å²) in [6.45, 7) is 1.88. The van der Waals surface area contributed by atoms with Crippen molar-refractivity contribution in [1.29, 1.82) is 0 Å². The quantitative estimate of drug-likeness (QED) is 0.560. The fourth-order valence-electron chi connectivity index (χ4n) is 3.98. The van der Waals surface area contributed by atoms with Crippen LogP contribution in [0.1, 0.15) is 64.5 Å². The van der Waals surface area contributed by atoms with Gasteiger partial charge in [0.2, 0.25) is 0 Å². The minimum Gasteiger partial charge on any atom is -0.494 e. The second-order valence-corrected chi connectivity index (χ2v) is 8.61. The van der Waals surface area contributed by atoms with Gasteiger partial charge in [-0.2, -0.15) is 0 Å². The summed E-state index contributed by atoms with van der Waals surface area (Å²) in [6.07, 6.45) is 3.98. The van der Waals surface area contributed by atoms with Gasteiger partial charge in [0, 0.05) is 36.8 Å². The predicted octanol–water partition coefficient (Wildman–Crippen LogP) is 3.23. The van der Waals surface area contributed by atoms with Crippen LogP contribution in [0.4, 0.5) is 4.39 Å². The molecule has 1 aliphatic heterocycles. The first-order valence-electron chi connectivity index (χ1n) is 11.3. The van der Waals surface area contributed by atoms with Gasteiger partial charge in [-0.3, -0.25) is 9.59 Å². The summed E-state index contributed by atoms with van der Waals surface area (Å²) in [6, 6.07) is 9.56. The largest absolute Gasteiger partial charge is 0.494 e. The van der Waals surface area contributed by atoms with Crippen molar-refractivity contribution in [1.82, 2.24) is 19.9 Å². The minimum atomic E-state index is -0.470. The van der Waals surface area contributed by atoms with Crippen LogP contribution in [-0.4, -0.2) is 33.3 Å². The van der Waals surface area contributed by atoms with Crippen molar-refractivity contribution in [2.24, 2.45) is 5.16 Å². The van der Waals surface area contributed by atoms with Crippen LogP contribution in [0.3, 0.4) is 0 Å². The topological polar surface area (TPSA) is 108 Å². The molecule has 10 heteroatoms. The van der Waals surface area contributed by atoms with Gasteiger partial charge >= 0.3 is 0 Å². The smallest absolute Gasteiger partial charge is 0.270 e. The highest BCUT2D eigenvalue weighted by Gasteiger charge is 2.29. The normalized spacial score (nSPS) is 17.0. The SMILES string of the molecule is COc1cc(CNC(=O)c2cc(C3=NOC(c4ccc(=O)n(C5CC5)c4)C3)nc(C)n2)ccc1F. The molecule has 2 aromatic heterocycles. The van der Waals surface area contributed by atoms with Crippen LogP contribution in [0, 0.1) is 12.7 Å². The minimum absolute atomic E-state index is 0.0171. The Balaban J connectivity index is 1.28. The zero-order chi connectivity index (χ0) is 24.5. The van der Waals surface area contributed by atoms with Crippen LogP contribution >= 0.6 is 0 Å². The van der Waals surface area contributed by atoms with E-state index in [0.29, 0.717) is 29.2 Å². The van der Waals surface area contributed by atoms with Gasteiger partial charge in [-0.1, -0.05) is 11.2 Å². The van der Waals surface area contributed by atoms with Crippen molar-refractivity contribution >= 4 is 11.6 Å². The summed E-state index contributed by atoms with van der Waals surface area (Å²) in [4.78, 5) is 39.2. The lowest BCUT2D eigenvalue weighted by molar-refractivity contribution is 0.0851. The van der Waals surface area contributed by atoms with Gasteiger partial charge in [0.05, 0.1) is 12.8 Å². The molecule has 0 spiro atoms. The number of halogens is 1. The molecule has 0 saturated heterocycles. The molecule has 1 fully saturated rings. The molecule has 180 valence electrons. The number of ether oxygens (including phenoxy) is 1. The number of pyridine rings is 1. The van der Waals surface area contributed by atoms with E-state index < -0.39 is 11.7 Å². The van der Waals surface area contributed by atoms with E-state index in [1.54, 1.807) is 35.8 Å². The number of aryl methyl sites for hydroxylation is 1. The number of carbonyl (C=O) groups is 1. The Morgan fingerprint density at radius 1 is 1.23 bits per heavy atom. The zero-order valence-corrected chi connectivity index (χ0v) is 19.3. The summed E-state index contributed by atoms with van der Waals surface area (Å²) in [5.74, 6) is -0.335. The molecular formula is C25H24FN5O4. The van der Waals surface area contributed by atoms with Gasteiger partial charge in [-0.15, -0.1) is 0 Å². The molecule has 1 atom stereocenters. The Morgan fingerprint density at radius 3 is 2.83 bits per heavy atom. The van der Waals surface area contributed by atoms with E-state index in [0.717, 1.165) is 18.4 Å². The fraction of sp³-hybridized carbons (Fsp3) is 0.320. The van der Waals surface area contributed by atoms with E-state index >= 15 is 0 Å². The van der Waals surface area contributed by atoms with Crippen LogP contribution in [0.25, 0.3) is 0 Å². The first-order valence-corrected chi connectivity index (χ1v) is 11.3. The van der Waals surface area contributed by atoms with Crippen molar-refractivity contribution in [2.45, 2.75) is 44.9 Å². The number of hydrogen-bond acceptors (Lipinski definition) is 7. The summed E-state index contributed by atoms with van der Waals surface area (Å²) < 4.78 is 20.4. The van der Waals surface area contributed by atoms with Crippen molar-refractivity contribution in [3.63, 3.8) is 0 Å². The van der Waals surface area contributed by atoms with E-state index in [2.05, 4.69) is 20.4 Å². The molecule has 1 unspecified atom stereocenters. The maximum absolute atomic E-state index is 13.6. The Kier molecular flexibility index (Phi) is 6.02. The number of nitrogens with zero attached hydrogens (tertiary/aromatic N) is 4. The van der Waals surface area contributed by atoms with Crippen LogP contribution in [0.15, 0.2) is 52.5 Å². The van der Waals surface area contributed by atoms with Crippen LogP contribution in [-0.2, 0) is 11.4 Å². The summed E-state index contributed by atoms with van der Waals surface area (Å²) in [5, 5.41) is 6.98. The number of hydrogen-bond donors (Lipinski definition) is 1. The van der Waals surface area contributed by atoms with Gasteiger partial charge in [0.15, 0.2) is 17.7 Å². The van der Waals surface area contributed by atoms with Gasteiger partial charge in [-0.05, 0) is 49.6 Å². The van der Waals surface area contributed by atoms with E-state index in [4.69, 9.17) is 9.57 Å². The lowest BCUT2D eigenvalue weighted by Gasteiger charge is -2.11. The van der Waals surface area contributed by atoms with Crippen LogP contribution in [0.2, 0.25) is 0 Å². The van der Waals surface area contributed by atoms with Crippen LogP contribution < -0.4 is 15.6 Å². The maximum Gasteiger partial charge on any atom is 0.270 e. The lowest BCUT2D eigenvalue weighted by Crippen LogP contribution is -2.25. The molecule has 5 rings (SSSR count). The monoisotopic (exact) mass is 477 g/mol. The van der Waals surface area contributed by atoms with Crippen molar-refractivity contribution in [2.75, 3.05) is 7.11 Å². The van der Waals surface area contributed by atoms with Crippen molar-refractivity contribution in [3.05, 3.63) is 87.1 Å². The van der Waals surface area contributed by atoms with Gasteiger partial charge in [0.1, 0.15) is 17.2 Å². The molecule has 1 aliphatic carbocycles. The second-order valence-electron chi connectivity index (χ2n) is 8.61. The number of rotatable bonds is 7. The Hall–Kier alpha value is -4.08. The molecule has 3 heterocycles. The van der Waals surface area contributed by atoms with Gasteiger partial charge in [-0.25, -0.2) is 14.4 Å². The third-order valence-electron chi connectivity index (χ3n) is 5.98. The summed E-state index contributed by atoms with van der Waals surface area (Å²) in [7, 11) is 1.38. The number of benzene rings is 1. The highest BCUT2D eigenvalue weighted by Crippen LogP contribution is 2.35. The van der Waals surface area contributed by atoms with Crippen molar-refractivity contribution < 1.29 is 18.8 Å². The number of nitrogens with one attached hydrogen (secondary N) is 1. The Morgan fingerprint density at radius 2 is 2.06 bits per heavy atom. The molecule has 35 heavy (non-hydrogen) atoms. The first-order chi connectivity index (χ1) is 16.9. The number of aromatic nitrogens is 3. The molecular weight excluding hydrogens is 453 g/mol. The van der Waals surface area contributed by atoms with Gasteiger partial charge < -0.3 is 19.5 Å². The average molecular weight is 477 g/mol. The van der Waals surface area contributed by atoms with E-state index in [9.17, 15) is 14.0 Å². The number of methoxy groups -OCH3 is 1. The number of carbonyl (C=O) groups excluding carboxylic acids is 1. The third-order valence-corrected chi connectivity index (χ3v) is 5.98. The molecule has 3 aromatic rings. The van der Waals surface area contributed by atoms with E-state index in [1.807, 2.05) is 6.20 Å². The zero-order valence-electron chi connectivity index (χ0n) is 19.3. The average Bonchev–Trinajstić information content (AvgIpc) is 3.58. The number of oxime groups is 1. The lowest BCUT2D eigenvalue weighted by atomic mass is 10.0. The molecule has 0 bridgehead atoms. The summed E-state index contributed by atoms with van der Waals surface area (Å²) >= 11 is 0. The molecule has 1 amide bonds. The summed E-state index contributed by atoms with van der Waals surface area (Å²) in [5.41, 5.74) is 2.83. The molecule has 1 saturated carbocycles. The van der Waals surface area contributed by atoms with E-state index in [1.165, 1.54) is 19.2 Å². The van der Waals surface area contributed by atoms with E-state index in [-0.39, 0.29) is 35.7 Å². The Labute approximate surface area is 200 Å². The van der Waals surface area contributed by atoms with Crippen molar-refractivity contribution in [3.8, 4) is 5.75 Å². The molecule has 1 aromatic carbocycles. The van der Waals surface area contributed by atoms with Crippen LogP contribution in [0.5, 0.6) is 5.75 Å². The fourth-order valence-corrected chi connectivity index (χ4v) is 3.98. The standard InChI is InChI=1S/C25H24FN5O4/c1-14-28-19(10-21(29-14)25(33)27-12-15-3-7-18(26)23(9-15)34-2)20-11-22(35-30-20)16-4-8-24(32)31(13-16)17-5-6-17/h3-4,7-10,13,17,22H,5-6,11-12H2,1-2H3,(H,27,33). The molecule has 1 N–H and O–H groups in total. The molecule has 2 aliphatic rings. The first kappa shape index (κ1) is 22.7. The number of amides is 1. The highest BCUT2D eigenvalue weighted by molar-refractivity contribution is 6.02. The Bertz CT molecular complexity index is 1380. The predicted molar refractivity (Wildman–Crippen MR) is 125 cm³/mol. The third kappa shape index (κ3) is 4.91. The molecule has 9 nitrogen and oxygen atoms in total. The molecule has 0 radical (unpaired) electrons.